The predicted octanol–water partition coefficient (Wildman–Crippen LogP) is 4.05. The van der Waals surface area contributed by atoms with Gasteiger partial charge in [-0.1, -0.05) is 23.0 Å². The van der Waals surface area contributed by atoms with Gasteiger partial charge in [-0.2, -0.15) is 4.98 Å². The van der Waals surface area contributed by atoms with Crippen LogP contribution in [0.4, 0.5) is 10.1 Å². The number of anilines is 1. The van der Waals surface area contributed by atoms with E-state index in [1.807, 2.05) is 23.6 Å². The van der Waals surface area contributed by atoms with Crippen molar-refractivity contribution in [3.05, 3.63) is 71.4 Å². The van der Waals surface area contributed by atoms with Gasteiger partial charge in [-0.15, -0.1) is 11.3 Å². The first kappa shape index (κ1) is 19.2. The average Bonchev–Trinajstić information content (AvgIpc) is 3.39. The number of nitrogens with one attached hydrogen (secondary N) is 1. The third-order valence-electron chi connectivity index (χ3n) is 3.68. The summed E-state index contributed by atoms with van der Waals surface area (Å²) in [4.78, 5) is 25.0. The van der Waals surface area contributed by atoms with E-state index in [1.54, 1.807) is 6.20 Å². The van der Waals surface area contributed by atoms with Gasteiger partial charge in [0, 0.05) is 17.3 Å². The minimum atomic E-state index is -0.346. The molecule has 3 heterocycles. The van der Waals surface area contributed by atoms with Gasteiger partial charge in [-0.25, -0.2) is 9.37 Å². The third kappa shape index (κ3) is 5.24. The van der Waals surface area contributed by atoms with E-state index < -0.39 is 0 Å². The molecule has 0 atom stereocenters. The fourth-order valence-electron chi connectivity index (χ4n) is 2.37. The number of benzene rings is 1. The van der Waals surface area contributed by atoms with E-state index >= 15 is 0 Å². The van der Waals surface area contributed by atoms with Crippen LogP contribution in [-0.4, -0.2) is 31.8 Å². The Morgan fingerprint density at radius 1 is 1.17 bits per heavy atom. The molecular weight excluding hydrogens is 413 g/mol. The zero-order valence-electron chi connectivity index (χ0n) is 14.9. The molecule has 0 saturated carbocycles. The van der Waals surface area contributed by atoms with E-state index in [0.29, 0.717) is 29.5 Å². The van der Waals surface area contributed by atoms with Crippen LogP contribution in [0.25, 0.3) is 11.5 Å². The van der Waals surface area contributed by atoms with Crippen LogP contribution in [0.5, 0.6) is 0 Å². The number of carbonyl (C=O) groups excluding carboxylic acids is 1. The molecule has 0 aliphatic heterocycles. The summed E-state index contributed by atoms with van der Waals surface area (Å²) in [7, 11) is 0. The Morgan fingerprint density at radius 2 is 2.03 bits per heavy atom. The molecule has 0 aliphatic rings. The van der Waals surface area contributed by atoms with Gasteiger partial charge in [-0.3, -0.25) is 9.78 Å². The number of thioether (sulfide) groups is 1. The summed E-state index contributed by atoms with van der Waals surface area (Å²) >= 11 is 2.77. The van der Waals surface area contributed by atoms with Crippen molar-refractivity contribution in [3.8, 4) is 11.5 Å². The van der Waals surface area contributed by atoms with Gasteiger partial charge in [0.05, 0.1) is 17.9 Å². The molecule has 1 N–H and O–H groups in total. The molecule has 10 heteroatoms. The number of nitrogens with zero attached hydrogens (tertiary/aromatic N) is 4. The number of halogens is 1. The monoisotopic (exact) mass is 427 g/mol. The Kier molecular flexibility index (Phi) is 5.92. The van der Waals surface area contributed by atoms with Gasteiger partial charge in [0.2, 0.25) is 17.6 Å². The maximum atomic E-state index is 12.9. The summed E-state index contributed by atoms with van der Waals surface area (Å²) in [5.41, 5.74) is 1.98. The van der Waals surface area contributed by atoms with Gasteiger partial charge >= 0.3 is 0 Å². The average molecular weight is 427 g/mol. The highest BCUT2D eigenvalue weighted by atomic mass is 32.2. The quantitative estimate of drug-likeness (QED) is 0.445. The van der Waals surface area contributed by atoms with Crippen molar-refractivity contribution >= 4 is 34.7 Å². The lowest BCUT2D eigenvalue weighted by Gasteiger charge is -2.03. The fourth-order valence-corrected chi connectivity index (χ4v) is 4.02. The number of hydrogen-bond acceptors (Lipinski definition) is 8. The predicted molar refractivity (Wildman–Crippen MR) is 108 cm³/mol. The largest absolute Gasteiger partial charge is 0.338 e. The second-order valence-electron chi connectivity index (χ2n) is 5.85. The topological polar surface area (TPSA) is 93.8 Å². The van der Waals surface area contributed by atoms with E-state index in [4.69, 9.17) is 4.52 Å². The molecule has 0 saturated heterocycles. The number of carbonyl (C=O) groups is 1. The van der Waals surface area contributed by atoms with Crippen LogP contribution < -0.4 is 5.32 Å². The van der Waals surface area contributed by atoms with Crippen molar-refractivity contribution in [2.75, 3.05) is 11.1 Å². The molecule has 7 nitrogen and oxygen atoms in total. The standard InChI is InChI=1S/C19H14FN5O2S2/c20-12-4-6-13(7-5-12)22-16(26)11-29-19-23-14(10-28-19)9-17-24-18(25-27-17)15-3-1-2-8-21-15/h1-8,10H,9,11H2,(H,22,26). The van der Waals surface area contributed by atoms with Gasteiger partial charge in [0.25, 0.3) is 0 Å². The fraction of sp³-hybridized carbons (Fsp3) is 0.105. The van der Waals surface area contributed by atoms with Crippen LogP contribution in [0.3, 0.4) is 0 Å². The molecule has 1 amide bonds. The van der Waals surface area contributed by atoms with E-state index in [0.717, 1.165) is 10.0 Å². The summed E-state index contributed by atoms with van der Waals surface area (Å²) in [6, 6.07) is 11.1. The number of aromatic nitrogens is 4. The summed E-state index contributed by atoms with van der Waals surface area (Å²) in [6.07, 6.45) is 2.07. The zero-order chi connectivity index (χ0) is 20.1. The maximum Gasteiger partial charge on any atom is 0.234 e. The highest BCUT2D eigenvalue weighted by Crippen LogP contribution is 2.24. The Labute approximate surface area is 173 Å². The van der Waals surface area contributed by atoms with Crippen LogP contribution in [0.2, 0.25) is 0 Å². The van der Waals surface area contributed by atoms with Crippen molar-refractivity contribution in [1.82, 2.24) is 20.1 Å². The van der Waals surface area contributed by atoms with Gasteiger partial charge in [-0.05, 0) is 36.4 Å². The molecular formula is C19H14FN5O2S2. The molecule has 0 radical (unpaired) electrons. The van der Waals surface area contributed by atoms with Crippen LogP contribution in [-0.2, 0) is 11.2 Å². The Bertz CT molecular complexity index is 1100. The lowest BCUT2D eigenvalue weighted by atomic mass is 10.3. The third-order valence-corrected chi connectivity index (χ3v) is 5.75. The Morgan fingerprint density at radius 3 is 2.83 bits per heavy atom. The number of thiazole rings is 1. The van der Waals surface area contributed by atoms with Crippen LogP contribution in [0.15, 0.2) is 62.9 Å². The van der Waals surface area contributed by atoms with E-state index in [1.165, 1.54) is 47.4 Å². The van der Waals surface area contributed by atoms with Gasteiger partial charge < -0.3 is 9.84 Å². The minimum absolute atomic E-state index is 0.185. The van der Waals surface area contributed by atoms with Gasteiger partial charge in [0.15, 0.2) is 4.34 Å². The number of amides is 1. The second-order valence-corrected chi connectivity index (χ2v) is 7.93. The normalized spacial score (nSPS) is 10.8. The van der Waals surface area contributed by atoms with Crippen LogP contribution >= 0.6 is 23.1 Å². The number of rotatable bonds is 7. The summed E-state index contributed by atoms with van der Waals surface area (Å²) in [6.45, 7) is 0. The Balaban J connectivity index is 1.30. The molecule has 1 aromatic carbocycles. The SMILES string of the molecule is O=C(CSc1nc(Cc2nc(-c3ccccn3)no2)cs1)Nc1ccc(F)cc1. The van der Waals surface area contributed by atoms with Crippen LogP contribution in [0.1, 0.15) is 11.6 Å². The van der Waals surface area contributed by atoms with Crippen molar-refractivity contribution in [2.45, 2.75) is 10.8 Å². The molecule has 29 heavy (non-hydrogen) atoms. The first-order chi connectivity index (χ1) is 14.2. The molecule has 146 valence electrons. The summed E-state index contributed by atoms with van der Waals surface area (Å²) in [5, 5.41) is 8.55. The second kappa shape index (κ2) is 8.93. The maximum absolute atomic E-state index is 12.9. The minimum Gasteiger partial charge on any atom is -0.338 e. The lowest BCUT2D eigenvalue weighted by molar-refractivity contribution is -0.113. The molecule has 4 rings (SSSR count). The number of pyridine rings is 1. The van der Waals surface area contributed by atoms with E-state index in [2.05, 4.69) is 25.4 Å². The molecule has 0 aliphatic carbocycles. The van der Waals surface area contributed by atoms with E-state index in [9.17, 15) is 9.18 Å². The molecule has 4 aromatic rings. The van der Waals surface area contributed by atoms with Crippen LogP contribution in [0, 0.1) is 5.82 Å². The van der Waals surface area contributed by atoms with Gasteiger partial charge in [0.1, 0.15) is 11.5 Å². The van der Waals surface area contributed by atoms with Crippen molar-refractivity contribution in [3.63, 3.8) is 0 Å². The van der Waals surface area contributed by atoms with E-state index in [-0.39, 0.29) is 17.5 Å². The Hall–Kier alpha value is -3.11. The molecule has 0 bridgehead atoms. The first-order valence-corrected chi connectivity index (χ1v) is 10.4. The van der Waals surface area contributed by atoms with Crippen molar-refractivity contribution < 1.29 is 13.7 Å². The molecule has 3 aromatic heterocycles. The van der Waals surface area contributed by atoms with Crippen molar-refractivity contribution in [2.24, 2.45) is 0 Å². The molecule has 0 unspecified atom stereocenters. The number of hydrogen-bond donors (Lipinski definition) is 1. The summed E-state index contributed by atoms with van der Waals surface area (Å²) < 4.78 is 18.9. The molecule has 0 fully saturated rings. The summed E-state index contributed by atoms with van der Waals surface area (Å²) in [5.74, 6) is 0.551. The lowest BCUT2D eigenvalue weighted by Crippen LogP contribution is -2.13. The highest BCUT2D eigenvalue weighted by molar-refractivity contribution is 8.01. The smallest absolute Gasteiger partial charge is 0.234 e. The zero-order valence-corrected chi connectivity index (χ0v) is 16.5. The van der Waals surface area contributed by atoms with Crippen molar-refractivity contribution in [1.29, 1.82) is 0 Å². The first-order valence-electron chi connectivity index (χ1n) is 8.52. The molecule has 0 spiro atoms. The highest BCUT2D eigenvalue weighted by Gasteiger charge is 2.13.